The predicted octanol–water partition coefficient (Wildman–Crippen LogP) is 0.169. The SMILES string of the molecule is C=CCn1nnnc1SCC1=C(C(=O)O)N2C(=O)C(NC(=O)/C(=N\OCC)c3csc(N)n3)[C@H]2SC1. The highest BCUT2D eigenvalue weighted by Crippen LogP contribution is 2.41. The fourth-order valence-electron chi connectivity index (χ4n) is 3.42. The maximum absolute atomic E-state index is 13.0. The second-order valence-electron chi connectivity index (χ2n) is 7.27. The van der Waals surface area contributed by atoms with Crippen LogP contribution in [0.4, 0.5) is 5.13 Å². The van der Waals surface area contributed by atoms with Crippen molar-refractivity contribution in [2.45, 2.75) is 30.0 Å². The summed E-state index contributed by atoms with van der Waals surface area (Å²) in [5, 5.41) is 29.5. The van der Waals surface area contributed by atoms with E-state index in [1.165, 1.54) is 33.1 Å². The summed E-state index contributed by atoms with van der Waals surface area (Å²) in [7, 11) is 0. The number of rotatable bonds is 11. The molecule has 0 radical (unpaired) electrons. The van der Waals surface area contributed by atoms with Gasteiger partial charge in [0.05, 0.1) is 6.54 Å². The smallest absolute Gasteiger partial charge is 0.352 e. The molecule has 2 aliphatic rings. The quantitative estimate of drug-likeness (QED) is 0.113. The van der Waals surface area contributed by atoms with Crippen molar-refractivity contribution in [2.24, 2.45) is 5.16 Å². The normalized spacial score (nSPS) is 19.5. The first-order valence-corrected chi connectivity index (χ1v) is 13.4. The Hall–Kier alpha value is -3.44. The number of hydrogen-bond donors (Lipinski definition) is 3. The molecule has 2 aliphatic heterocycles. The van der Waals surface area contributed by atoms with E-state index in [4.69, 9.17) is 10.6 Å². The second kappa shape index (κ2) is 11.1. The average molecular weight is 552 g/mol. The average Bonchev–Trinajstić information content (AvgIpc) is 3.49. The second-order valence-corrected chi connectivity index (χ2v) is 10.2. The third-order valence-corrected chi connectivity index (χ3v) is 8.03. The first-order chi connectivity index (χ1) is 17.3. The van der Waals surface area contributed by atoms with E-state index in [-0.39, 0.29) is 34.6 Å². The first kappa shape index (κ1) is 25.6. The Balaban J connectivity index is 1.49. The fraction of sp³-hybridized carbons (Fsp3) is 0.368. The molecular formula is C19H21N9O5S3. The minimum atomic E-state index is -1.23. The number of hydrogen-bond acceptors (Lipinski definition) is 13. The Morgan fingerprint density at radius 3 is 2.97 bits per heavy atom. The van der Waals surface area contributed by atoms with Crippen molar-refractivity contribution in [2.75, 3.05) is 23.8 Å². The number of β-lactam (4-membered cyclic amide) rings is 1. The van der Waals surface area contributed by atoms with Gasteiger partial charge < -0.3 is 21.0 Å². The lowest BCUT2D eigenvalue weighted by Crippen LogP contribution is -2.71. The summed E-state index contributed by atoms with van der Waals surface area (Å²) < 4.78 is 1.54. The van der Waals surface area contributed by atoms with Gasteiger partial charge in [0.25, 0.3) is 11.8 Å². The van der Waals surface area contributed by atoms with Crippen LogP contribution in [0.25, 0.3) is 0 Å². The van der Waals surface area contributed by atoms with Crippen LogP contribution < -0.4 is 11.1 Å². The van der Waals surface area contributed by atoms with E-state index in [0.29, 0.717) is 23.0 Å². The summed E-state index contributed by atoms with van der Waals surface area (Å²) in [5.41, 5.74) is 6.21. The fourth-order valence-corrected chi connectivity index (χ4v) is 6.34. The van der Waals surface area contributed by atoms with Crippen LogP contribution in [0, 0.1) is 0 Å². The van der Waals surface area contributed by atoms with E-state index in [1.807, 2.05) is 0 Å². The first-order valence-electron chi connectivity index (χ1n) is 10.5. The molecule has 4 N–H and O–H groups in total. The number of carbonyl (C=O) groups is 3. The molecule has 0 bridgehead atoms. The number of oxime groups is 1. The lowest BCUT2D eigenvalue weighted by molar-refractivity contribution is -0.150. The number of aromatic nitrogens is 5. The molecule has 4 rings (SSSR count). The van der Waals surface area contributed by atoms with Gasteiger partial charge in [-0.3, -0.25) is 14.5 Å². The van der Waals surface area contributed by atoms with Gasteiger partial charge in [0.1, 0.15) is 29.4 Å². The molecule has 0 spiro atoms. The highest BCUT2D eigenvalue weighted by molar-refractivity contribution is 8.01. The zero-order chi connectivity index (χ0) is 25.8. The Morgan fingerprint density at radius 1 is 1.50 bits per heavy atom. The summed E-state index contributed by atoms with van der Waals surface area (Å²) >= 11 is 3.75. The lowest BCUT2D eigenvalue weighted by atomic mass is 10.0. The Bertz CT molecular complexity index is 1260. The molecule has 1 fully saturated rings. The van der Waals surface area contributed by atoms with E-state index in [2.05, 4.69) is 37.6 Å². The number of anilines is 1. The predicted molar refractivity (Wildman–Crippen MR) is 133 cm³/mol. The van der Waals surface area contributed by atoms with Gasteiger partial charge in [0, 0.05) is 16.9 Å². The van der Waals surface area contributed by atoms with Crippen molar-refractivity contribution in [3.8, 4) is 0 Å². The van der Waals surface area contributed by atoms with Crippen molar-refractivity contribution in [1.29, 1.82) is 0 Å². The number of allylic oxidation sites excluding steroid dienone is 1. The molecule has 2 atom stereocenters. The number of nitrogens with zero attached hydrogens (tertiary/aromatic N) is 7. The number of thioether (sulfide) groups is 2. The zero-order valence-corrected chi connectivity index (χ0v) is 21.3. The largest absolute Gasteiger partial charge is 0.477 e. The highest BCUT2D eigenvalue weighted by Gasteiger charge is 2.54. The Labute approximate surface area is 217 Å². The van der Waals surface area contributed by atoms with Gasteiger partial charge in [-0.25, -0.2) is 14.5 Å². The van der Waals surface area contributed by atoms with Crippen LogP contribution in [0.5, 0.6) is 0 Å². The van der Waals surface area contributed by atoms with Crippen LogP contribution in [0.3, 0.4) is 0 Å². The van der Waals surface area contributed by atoms with Crippen molar-refractivity contribution in [3.63, 3.8) is 0 Å². The molecule has 0 aromatic carbocycles. The molecule has 190 valence electrons. The third-order valence-electron chi connectivity index (χ3n) is 4.98. The van der Waals surface area contributed by atoms with Gasteiger partial charge in [-0.05, 0) is 22.9 Å². The van der Waals surface area contributed by atoms with Gasteiger partial charge in [-0.15, -0.1) is 34.8 Å². The number of carboxylic acid groups (broad SMARTS) is 1. The van der Waals surface area contributed by atoms with Gasteiger partial charge in [-0.2, -0.15) is 0 Å². The summed E-state index contributed by atoms with van der Waals surface area (Å²) in [5.74, 6) is -1.82. The molecule has 14 nitrogen and oxygen atoms in total. The third kappa shape index (κ3) is 5.07. The number of thiazole rings is 1. The maximum Gasteiger partial charge on any atom is 0.352 e. The van der Waals surface area contributed by atoms with Crippen LogP contribution in [-0.4, -0.2) is 88.2 Å². The van der Waals surface area contributed by atoms with Crippen molar-refractivity contribution < 1.29 is 24.3 Å². The summed E-state index contributed by atoms with van der Waals surface area (Å²) in [4.78, 5) is 48.3. The molecule has 17 heteroatoms. The van der Waals surface area contributed by atoms with Gasteiger partial charge in [0.15, 0.2) is 10.8 Å². The maximum atomic E-state index is 13.0. The summed E-state index contributed by atoms with van der Waals surface area (Å²) in [6.45, 7) is 5.99. The molecule has 1 unspecified atom stereocenters. The molecule has 4 heterocycles. The molecular weight excluding hydrogens is 530 g/mol. The molecule has 0 aliphatic carbocycles. The molecule has 0 saturated carbocycles. The molecule has 2 amide bonds. The minimum absolute atomic E-state index is 0.0972. The van der Waals surface area contributed by atoms with Crippen LogP contribution >= 0.6 is 34.9 Å². The van der Waals surface area contributed by atoms with Crippen LogP contribution in [0.1, 0.15) is 12.6 Å². The summed E-state index contributed by atoms with van der Waals surface area (Å²) in [6.07, 6.45) is 1.64. The number of nitrogens with two attached hydrogens (primary N) is 1. The van der Waals surface area contributed by atoms with Crippen molar-refractivity contribution in [1.82, 2.24) is 35.4 Å². The molecule has 36 heavy (non-hydrogen) atoms. The number of amides is 2. The zero-order valence-electron chi connectivity index (χ0n) is 18.9. The number of aliphatic carboxylic acids is 1. The van der Waals surface area contributed by atoms with Gasteiger partial charge in [-0.1, -0.05) is 23.0 Å². The number of fused-ring (bicyclic) bond motifs is 1. The molecule has 1 saturated heterocycles. The topological polar surface area (TPSA) is 191 Å². The van der Waals surface area contributed by atoms with E-state index < -0.39 is 29.2 Å². The monoisotopic (exact) mass is 551 g/mol. The van der Waals surface area contributed by atoms with E-state index in [0.717, 1.165) is 11.3 Å². The number of nitrogens with one attached hydrogen (secondary N) is 1. The van der Waals surface area contributed by atoms with E-state index >= 15 is 0 Å². The van der Waals surface area contributed by atoms with Gasteiger partial charge >= 0.3 is 5.97 Å². The van der Waals surface area contributed by atoms with E-state index in [1.54, 1.807) is 18.4 Å². The number of carbonyl (C=O) groups excluding carboxylic acids is 2. The molecule has 2 aromatic rings. The van der Waals surface area contributed by atoms with Crippen LogP contribution in [0.15, 0.2) is 39.6 Å². The minimum Gasteiger partial charge on any atom is -0.477 e. The standard InChI is InChI=1S/C19H21N9O5S3/c1-3-5-27-19(23-25-26-27)36-7-9-6-34-16-12(15(30)28(16)13(9)17(31)32)22-14(29)11(24-33-4-2)10-8-35-18(20)21-10/h3,8,12,16H,1,4-7H2,2H3,(H2,20,21)(H,22,29)(H,31,32)/b24-11-/t12?,16-/m1/s1. The van der Waals surface area contributed by atoms with Crippen LogP contribution in [0.2, 0.25) is 0 Å². The van der Waals surface area contributed by atoms with Crippen LogP contribution in [-0.2, 0) is 25.8 Å². The molecule has 2 aromatic heterocycles. The van der Waals surface area contributed by atoms with Crippen molar-refractivity contribution in [3.05, 3.63) is 35.0 Å². The lowest BCUT2D eigenvalue weighted by Gasteiger charge is -2.49. The summed E-state index contributed by atoms with van der Waals surface area (Å²) in [6, 6.07) is -0.936. The van der Waals surface area contributed by atoms with Crippen molar-refractivity contribution >= 4 is 63.5 Å². The Kier molecular flexibility index (Phi) is 7.90. The number of tetrazole rings is 1. The highest BCUT2D eigenvalue weighted by atomic mass is 32.2. The number of nitrogen functional groups attached to an aromatic ring is 1. The number of carboxylic acids is 1. The van der Waals surface area contributed by atoms with Gasteiger partial charge in [0.2, 0.25) is 5.16 Å². The van der Waals surface area contributed by atoms with E-state index in [9.17, 15) is 19.5 Å². The Morgan fingerprint density at radius 2 is 2.31 bits per heavy atom.